The van der Waals surface area contributed by atoms with E-state index in [1.807, 2.05) is 26.0 Å². The Balaban J connectivity index is 1.57. The highest BCUT2D eigenvalue weighted by atomic mass is 32.1. The summed E-state index contributed by atoms with van der Waals surface area (Å²) in [6.07, 6.45) is 2.32. The first kappa shape index (κ1) is 16.7. The molecule has 0 atom stereocenters. The minimum atomic E-state index is -0.0952. The Morgan fingerprint density at radius 3 is 2.65 bits per heavy atom. The lowest BCUT2D eigenvalue weighted by Crippen LogP contribution is -2.22. The zero-order valence-electron chi connectivity index (χ0n) is 14.7. The standard InChI is InChI=1S/C20H18N4OS/c1-11-16-12(2)23-18(15-7-8-15)24-20(16)26-17(11)19(25)22-10-14-5-3-13(9-21)4-6-14/h3-6,15H,7-8,10H2,1-2H3,(H,22,25). The van der Waals surface area contributed by atoms with Gasteiger partial charge >= 0.3 is 0 Å². The molecule has 1 aliphatic carbocycles. The van der Waals surface area contributed by atoms with Gasteiger partial charge in [0.05, 0.1) is 22.2 Å². The Bertz CT molecular complexity index is 1040. The van der Waals surface area contributed by atoms with Crippen LogP contribution in [0.3, 0.4) is 0 Å². The number of benzene rings is 1. The molecule has 0 aliphatic heterocycles. The van der Waals surface area contributed by atoms with Crippen molar-refractivity contribution in [2.75, 3.05) is 0 Å². The Kier molecular flexibility index (Phi) is 4.17. The number of carbonyl (C=O) groups is 1. The van der Waals surface area contributed by atoms with Crippen LogP contribution >= 0.6 is 11.3 Å². The van der Waals surface area contributed by atoms with Crippen molar-refractivity contribution in [3.63, 3.8) is 0 Å². The maximum atomic E-state index is 12.7. The van der Waals surface area contributed by atoms with Gasteiger partial charge in [0.15, 0.2) is 0 Å². The molecule has 5 nitrogen and oxygen atoms in total. The maximum absolute atomic E-state index is 12.7. The van der Waals surface area contributed by atoms with Gasteiger partial charge in [0.2, 0.25) is 0 Å². The lowest BCUT2D eigenvalue weighted by Gasteiger charge is -2.05. The van der Waals surface area contributed by atoms with E-state index in [0.29, 0.717) is 22.9 Å². The molecule has 2 aromatic heterocycles. The van der Waals surface area contributed by atoms with E-state index in [1.54, 1.807) is 12.1 Å². The number of hydrogen-bond donors (Lipinski definition) is 1. The van der Waals surface area contributed by atoms with Crippen LogP contribution in [0.1, 0.15) is 56.6 Å². The first-order chi connectivity index (χ1) is 12.6. The van der Waals surface area contributed by atoms with Gasteiger partial charge in [-0.15, -0.1) is 11.3 Å². The molecule has 130 valence electrons. The lowest BCUT2D eigenvalue weighted by molar-refractivity contribution is 0.0954. The van der Waals surface area contributed by atoms with E-state index in [1.165, 1.54) is 11.3 Å². The van der Waals surface area contributed by atoms with Crippen molar-refractivity contribution in [1.82, 2.24) is 15.3 Å². The van der Waals surface area contributed by atoms with Crippen LogP contribution in [0.4, 0.5) is 0 Å². The molecule has 0 radical (unpaired) electrons. The number of hydrogen-bond acceptors (Lipinski definition) is 5. The second-order valence-corrected chi connectivity index (χ2v) is 7.67. The van der Waals surface area contributed by atoms with Crippen molar-refractivity contribution < 1.29 is 4.79 Å². The van der Waals surface area contributed by atoms with Gasteiger partial charge in [0, 0.05) is 17.8 Å². The fraction of sp³-hybridized carbons (Fsp3) is 0.300. The average Bonchev–Trinajstić information content (AvgIpc) is 3.44. The van der Waals surface area contributed by atoms with Gasteiger partial charge in [-0.1, -0.05) is 12.1 Å². The molecule has 1 saturated carbocycles. The molecule has 26 heavy (non-hydrogen) atoms. The first-order valence-electron chi connectivity index (χ1n) is 8.61. The number of nitrogens with one attached hydrogen (secondary N) is 1. The predicted molar refractivity (Wildman–Crippen MR) is 101 cm³/mol. The normalized spacial score (nSPS) is 13.6. The van der Waals surface area contributed by atoms with Crippen LogP contribution in [0.5, 0.6) is 0 Å². The summed E-state index contributed by atoms with van der Waals surface area (Å²) in [5.41, 5.74) is 3.48. The highest BCUT2D eigenvalue weighted by molar-refractivity contribution is 7.20. The SMILES string of the molecule is Cc1nc(C2CC2)nc2sc(C(=O)NCc3ccc(C#N)cc3)c(C)c12. The number of nitrogens with zero attached hydrogens (tertiary/aromatic N) is 3. The highest BCUT2D eigenvalue weighted by Crippen LogP contribution is 2.40. The number of aromatic nitrogens is 2. The van der Waals surface area contributed by atoms with Crippen LogP contribution in [-0.2, 0) is 6.54 Å². The summed E-state index contributed by atoms with van der Waals surface area (Å²) in [7, 11) is 0. The van der Waals surface area contributed by atoms with Crippen LogP contribution in [0.15, 0.2) is 24.3 Å². The molecule has 1 amide bonds. The number of fused-ring (bicyclic) bond motifs is 1. The molecule has 1 aromatic carbocycles. The van der Waals surface area contributed by atoms with Crippen molar-refractivity contribution in [3.8, 4) is 6.07 Å². The Labute approximate surface area is 155 Å². The van der Waals surface area contributed by atoms with Gasteiger partial charge in [0.1, 0.15) is 10.7 Å². The van der Waals surface area contributed by atoms with Gasteiger partial charge in [-0.3, -0.25) is 4.79 Å². The van der Waals surface area contributed by atoms with Crippen LogP contribution in [0.25, 0.3) is 10.2 Å². The number of thiophene rings is 1. The molecule has 4 rings (SSSR count). The quantitative estimate of drug-likeness (QED) is 0.761. The topological polar surface area (TPSA) is 78.7 Å². The molecule has 0 spiro atoms. The molecule has 0 saturated heterocycles. The van der Waals surface area contributed by atoms with E-state index in [-0.39, 0.29) is 5.91 Å². The van der Waals surface area contributed by atoms with Crippen LogP contribution in [0, 0.1) is 25.2 Å². The molecular formula is C20H18N4OS. The number of nitriles is 1. The van der Waals surface area contributed by atoms with Crippen LogP contribution < -0.4 is 5.32 Å². The molecule has 6 heteroatoms. The minimum Gasteiger partial charge on any atom is -0.347 e. The van der Waals surface area contributed by atoms with E-state index in [4.69, 9.17) is 10.2 Å². The van der Waals surface area contributed by atoms with Gasteiger partial charge in [-0.25, -0.2) is 9.97 Å². The second-order valence-electron chi connectivity index (χ2n) is 6.67. The summed E-state index contributed by atoms with van der Waals surface area (Å²) in [5.74, 6) is 1.32. The third-order valence-electron chi connectivity index (χ3n) is 4.67. The molecule has 0 unspecified atom stereocenters. The average molecular weight is 362 g/mol. The Morgan fingerprint density at radius 2 is 2.00 bits per heavy atom. The zero-order valence-corrected chi connectivity index (χ0v) is 15.5. The molecular weight excluding hydrogens is 344 g/mol. The smallest absolute Gasteiger partial charge is 0.261 e. The van der Waals surface area contributed by atoms with Crippen molar-refractivity contribution >= 4 is 27.5 Å². The van der Waals surface area contributed by atoms with Crippen molar-refractivity contribution in [2.45, 2.75) is 39.2 Å². The van der Waals surface area contributed by atoms with Gasteiger partial charge < -0.3 is 5.32 Å². The van der Waals surface area contributed by atoms with Crippen LogP contribution in [0.2, 0.25) is 0 Å². The van der Waals surface area contributed by atoms with E-state index < -0.39 is 0 Å². The molecule has 3 aromatic rings. The first-order valence-corrected chi connectivity index (χ1v) is 9.43. The van der Waals surface area contributed by atoms with Gasteiger partial charge in [-0.05, 0) is 49.9 Å². The molecule has 0 bridgehead atoms. The number of aryl methyl sites for hydroxylation is 2. The van der Waals surface area contributed by atoms with Crippen molar-refractivity contribution in [2.24, 2.45) is 0 Å². The number of amides is 1. The summed E-state index contributed by atoms with van der Waals surface area (Å²) in [4.78, 5) is 23.6. The van der Waals surface area contributed by atoms with Gasteiger partial charge in [0.25, 0.3) is 5.91 Å². The van der Waals surface area contributed by atoms with Gasteiger partial charge in [-0.2, -0.15) is 5.26 Å². The monoisotopic (exact) mass is 362 g/mol. The van der Waals surface area contributed by atoms with E-state index in [0.717, 1.165) is 45.7 Å². The van der Waals surface area contributed by atoms with E-state index in [9.17, 15) is 4.79 Å². The summed E-state index contributed by atoms with van der Waals surface area (Å²) >= 11 is 1.44. The second kappa shape index (κ2) is 6.50. The van der Waals surface area contributed by atoms with Crippen molar-refractivity contribution in [1.29, 1.82) is 5.26 Å². The zero-order chi connectivity index (χ0) is 18.3. The Hall–Kier alpha value is -2.78. The molecule has 1 aliphatic rings. The van der Waals surface area contributed by atoms with Crippen molar-refractivity contribution in [3.05, 3.63) is 57.4 Å². The predicted octanol–water partition coefficient (Wildman–Crippen LogP) is 3.99. The van der Waals surface area contributed by atoms with Crippen LogP contribution in [-0.4, -0.2) is 15.9 Å². The lowest BCUT2D eigenvalue weighted by atomic mass is 10.1. The highest BCUT2D eigenvalue weighted by Gasteiger charge is 2.28. The number of rotatable bonds is 4. The molecule has 1 fully saturated rings. The fourth-order valence-corrected chi connectivity index (χ4v) is 4.22. The van der Waals surface area contributed by atoms with E-state index >= 15 is 0 Å². The summed E-state index contributed by atoms with van der Waals surface area (Å²) in [6.45, 7) is 4.38. The molecule has 2 heterocycles. The maximum Gasteiger partial charge on any atom is 0.261 e. The summed E-state index contributed by atoms with van der Waals surface area (Å²) < 4.78 is 0. The Morgan fingerprint density at radius 1 is 1.27 bits per heavy atom. The summed E-state index contributed by atoms with van der Waals surface area (Å²) in [6, 6.07) is 9.31. The van der Waals surface area contributed by atoms with E-state index in [2.05, 4.69) is 16.4 Å². The molecule has 1 N–H and O–H groups in total. The fourth-order valence-electron chi connectivity index (χ4n) is 3.06. The number of carbonyl (C=O) groups excluding carboxylic acids is 1. The summed E-state index contributed by atoms with van der Waals surface area (Å²) in [5, 5.41) is 12.8. The third-order valence-corrected chi connectivity index (χ3v) is 5.86. The minimum absolute atomic E-state index is 0.0952. The largest absolute Gasteiger partial charge is 0.347 e. The third kappa shape index (κ3) is 3.06.